The van der Waals surface area contributed by atoms with Gasteiger partial charge in [-0.05, 0) is 69.4 Å². The van der Waals surface area contributed by atoms with Crippen molar-refractivity contribution in [2.24, 2.45) is 0 Å². The summed E-state index contributed by atoms with van der Waals surface area (Å²) in [5, 5.41) is 4.11. The van der Waals surface area contributed by atoms with Crippen molar-refractivity contribution < 1.29 is 4.79 Å². The van der Waals surface area contributed by atoms with Crippen LogP contribution in [0.2, 0.25) is 0 Å². The number of rotatable bonds is 5. The van der Waals surface area contributed by atoms with Crippen LogP contribution < -0.4 is 10.9 Å². The van der Waals surface area contributed by atoms with Gasteiger partial charge in [-0.15, -0.1) is 0 Å². The van der Waals surface area contributed by atoms with Crippen molar-refractivity contribution in [1.82, 2.24) is 14.5 Å². The molecule has 3 aromatic rings. The van der Waals surface area contributed by atoms with Crippen LogP contribution in [0.15, 0.2) is 34.2 Å². The van der Waals surface area contributed by atoms with Gasteiger partial charge in [-0.25, -0.2) is 4.98 Å². The molecule has 4 rings (SSSR count). The number of hydrogen-bond acceptors (Lipinski definition) is 5. The number of nitrogens with zero attached hydrogens (tertiary/aromatic N) is 3. The van der Waals surface area contributed by atoms with Crippen LogP contribution >= 0.6 is 11.8 Å². The van der Waals surface area contributed by atoms with Crippen LogP contribution in [0.5, 0.6) is 0 Å². The molecule has 1 aliphatic rings. The molecule has 29 heavy (non-hydrogen) atoms. The number of hydrogen-bond donors (Lipinski definition) is 1. The molecule has 1 fully saturated rings. The number of pyridine rings is 1. The normalized spacial score (nSPS) is 13.7. The summed E-state index contributed by atoms with van der Waals surface area (Å²) in [5.74, 6) is 0.0665. The average Bonchev–Trinajstić information content (AvgIpc) is 3.48. The molecular weight excluding hydrogens is 384 g/mol. The van der Waals surface area contributed by atoms with Crippen molar-refractivity contribution >= 4 is 34.4 Å². The predicted molar refractivity (Wildman–Crippen MR) is 117 cm³/mol. The van der Waals surface area contributed by atoms with E-state index in [1.54, 1.807) is 0 Å². The van der Waals surface area contributed by atoms with Gasteiger partial charge >= 0.3 is 0 Å². The Morgan fingerprint density at radius 3 is 2.66 bits per heavy atom. The Morgan fingerprint density at radius 2 is 1.93 bits per heavy atom. The highest BCUT2D eigenvalue weighted by Crippen LogP contribution is 2.39. The molecule has 1 N–H and O–H groups in total. The number of fused-ring (bicyclic) bond motifs is 1. The Kier molecular flexibility index (Phi) is 5.17. The van der Waals surface area contributed by atoms with Gasteiger partial charge in [0.15, 0.2) is 5.16 Å². The van der Waals surface area contributed by atoms with E-state index in [1.165, 1.54) is 11.8 Å². The topological polar surface area (TPSA) is 76.9 Å². The number of carbonyl (C=O) groups excluding carboxylic acids is 1. The first kappa shape index (κ1) is 19.6. The van der Waals surface area contributed by atoms with E-state index in [2.05, 4.69) is 15.3 Å². The summed E-state index contributed by atoms with van der Waals surface area (Å²) in [6.45, 7) is 7.86. The third-order valence-electron chi connectivity index (χ3n) is 5.29. The van der Waals surface area contributed by atoms with Gasteiger partial charge in [-0.2, -0.15) is 4.98 Å². The van der Waals surface area contributed by atoms with E-state index in [-0.39, 0.29) is 17.2 Å². The Balaban J connectivity index is 1.63. The predicted octanol–water partition coefficient (Wildman–Crippen LogP) is 4.09. The lowest BCUT2D eigenvalue weighted by molar-refractivity contribution is -0.113. The van der Waals surface area contributed by atoms with Crippen molar-refractivity contribution in [2.75, 3.05) is 11.1 Å². The number of benzene rings is 1. The summed E-state index contributed by atoms with van der Waals surface area (Å²) in [6, 6.07) is 8.05. The van der Waals surface area contributed by atoms with Crippen molar-refractivity contribution in [1.29, 1.82) is 0 Å². The second-order valence-corrected chi connectivity index (χ2v) is 8.61. The minimum Gasteiger partial charge on any atom is -0.325 e. The number of aryl methyl sites for hydroxylation is 3. The van der Waals surface area contributed by atoms with E-state index in [0.717, 1.165) is 40.9 Å². The molecule has 0 atom stereocenters. The third-order valence-corrected chi connectivity index (χ3v) is 6.25. The van der Waals surface area contributed by atoms with E-state index < -0.39 is 0 Å². The van der Waals surface area contributed by atoms with Crippen LogP contribution in [-0.2, 0) is 4.79 Å². The minimum absolute atomic E-state index is 0.117. The summed E-state index contributed by atoms with van der Waals surface area (Å²) >= 11 is 1.29. The smallest absolute Gasteiger partial charge is 0.283 e. The molecule has 0 bridgehead atoms. The molecule has 7 heteroatoms. The molecule has 0 radical (unpaired) electrons. The average molecular weight is 409 g/mol. The fourth-order valence-corrected chi connectivity index (χ4v) is 4.36. The summed E-state index contributed by atoms with van der Waals surface area (Å²) in [5.41, 5.74) is 5.17. The van der Waals surface area contributed by atoms with Gasteiger partial charge < -0.3 is 9.88 Å². The maximum atomic E-state index is 12.7. The van der Waals surface area contributed by atoms with Crippen molar-refractivity contribution in [2.45, 2.75) is 51.7 Å². The number of aromatic nitrogens is 3. The molecule has 0 saturated heterocycles. The van der Waals surface area contributed by atoms with Gasteiger partial charge in [0.05, 0.1) is 11.1 Å². The Morgan fingerprint density at radius 1 is 1.17 bits per heavy atom. The minimum atomic E-state index is -0.278. The van der Waals surface area contributed by atoms with Gasteiger partial charge in [-0.3, -0.25) is 9.59 Å². The molecule has 1 aliphatic carbocycles. The van der Waals surface area contributed by atoms with E-state index in [9.17, 15) is 9.59 Å². The molecule has 150 valence electrons. The zero-order chi connectivity index (χ0) is 20.7. The van der Waals surface area contributed by atoms with Crippen LogP contribution in [-0.4, -0.2) is 26.2 Å². The van der Waals surface area contributed by atoms with Gasteiger partial charge in [0, 0.05) is 17.4 Å². The largest absolute Gasteiger partial charge is 0.325 e. The van der Waals surface area contributed by atoms with Gasteiger partial charge in [-0.1, -0.05) is 23.9 Å². The molecule has 0 spiro atoms. The standard InChI is InChI=1S/C22H24N4O2S/c1-12-6-5-7-17(15(12)4)24-18(27)11-29-22-25-21(28)19-13(2)10-14(3)23-20(19)26(22)16-8-9-16/h5-7,10,16H,8-9,11H2,1-4H3,(H,24,27). The van der Waals surface area contributed by atoms with E-state index in [4.69, 9.17) is 0 Å². The molecule has 2 heterocycles. The highest BCUT2D eigenvalue weighted by molar-refractivity contribution is 7.99. The Hall–Kier alpha value is -2.67. The molecule has 0 unspecified atom stereocenters. The molecule has 6 nitrogen and oxygen atoms in total. The molecule has 0 aliphatic heterocycles. The highest BCUT2D eigenvalue weighted by Gasteiger charge is 2.29. The lowest BCUT2D eigenvalue weighted by Crippen LogP contribution is -2.20. The quantitative estimate of drug-likeness (QED) is 0.508. The van der Waals surface area contributed by atoms with Gasteiger partial charge in [0.1, 0.15) is 5.65 Å². The van der Waals surface area contributed by atoms with Gasteiger partial charge in [0.2, 0.25) is 5.91 Å². The van der Waals surface area contributed by atoms with Crippen LogP contribution in [0.4, 0.5) is 5.69 Å². The number of nitrogens with one attached hydrogen (secondary N) is 1. The van der Waals surface area contributed by atoms with Gasteiger partial charge in [0.25, 0.3) is 5.56 Å². The fraction of sp³-hybridized carbons (Fsp3) is 0.364. The summed E-state index contributed by atoms with van der Waals surface area (Å²) in [6.07, 6.45) is 2.08. The zero-order valence-corrected chi connectivity index (χ0v) is 17.9. The molecule has 2 aromatic heterocycles. The van der Waals surface area contributed by atoms with Crippen molar-refractivity contribution in [3.05, 3.63) is 57.0 Å². The summed E-state index contributed by atoms with van der Waals surface area (Å²) in [7, 11) is 0. The van der Waals surface area contributed by atoms with Crippen LogP contribution in [0.3, 0.4) is 0 Å². The van der Waals surface area contributed by atoms with Crippen molar-refractivity contribution in [3.8, 4) is 0 Å². The Bertz CT molecular complexity index is 1180. The second-order valence-electron chi connectivity index (χ2n) is 7.66. The molecule has 1 aromatic carbocycles. The molecular formula is C22H24N4O2S. The highest BCUT2D eigenvalue weighted by atomic mass is 32.2. The summed E-state index contributed by atoms with van der Waals surface area (Å²) < 4.78 is 2.05. The molecule has 1 amide bonds. The number of anilines is 1. The second kappa shape index (κ2) is 7.63. The third kappa shape index (κ3) is 3.92. The summed E-state index contributed by atoms with van der Waals surface area (Å²) in [4.78, 5) is 34.2. The van der Waals surface area contributed by atoms with E-state index in [0.29, 0.717) is 22.2 Å². The van der Waals surface area contributed by atoms with Crippen LogP contribution in [0.1, 0.15) is 41.3 Å². The van der Waals surface area contributed by atoms with Crippen LogP contribution in [0, 0.1) is 27.7 Å². The van der Waals surface area contributed by atoms with E-state index >= 15 is 0 Å². The lowest BCUT2D eigenvalue weighted by atomic mass is 10.1. The number of thioether (sulfide) groups is 1. The first-order chi connectivity index (χ1) is 13.8. The number of carbonyl (C=O) groups is 1. The number of amides is 1. The zero-order valence-electron chi connectivity index (χ0n) is 17.1. The van der Waals surface area contributed by atoms with Crippen LogP contribution in [0.25, 0.3) is 11.0 Å². The maximum absolute atomic E-state index is 12.7. The monoisotopic (exact) mass is 408 g/mol. The first-order valence-electron chi connectivity index (χ1n) is 9.74. The maximum Gasteiger partial charge on any atom is 0.283 e. The molecule has 1 saturated carbocycles. The Labute approximate surface area is 173 Å². The van der Waals surface area contributed by atoms with Crippen molar-refractivity contribution in [3.63, 3.8) is 0 Å². The SMILES string of the molecule is Cc1cc(C)c2c(=O)nc(SCC(=O)Nc3cccc(C)c3C)n(C3CC3)c2n1. The fourth-order valence-electron chi connectivity index (χ4n) is 3.51. The first-order valence-corrected chi connectivity index (χ1v) is 10.7. The van der Waals surface area contributed by atoms with E-state index in [1.807, 2.05) is 56.5 Å². The lowest BCUT2D eigenvalue weighted by Gasteiger charge is -2.15.